The molecular formula is C24H28N2O4S2. The summed E-state index contributed by atoms with van der Waals surface area (Å²) in [6, 6.07) is 11.2. The van der Waals surface area contributed by atoms with E-state index in [0.29, 0.717) is 18.4 Å². The third-order valence-corrected chi connectivity index (χ3v) is 7.38. The summed E-state index contributed by atoms with van der Waals surface area (Å²) in [5.41, 5.74) is 2.48. The van der Waals surface area contributed by atoms with Crippen LogP contribution in [-0.2, 0) is 4.74 Å². The number of nitrogens with zero attached hydrogens (tertiary/aromatic N) is 2. The maximum absolute atomic E-state index is 11.1. The second kappa shape index (κ2) is 11.0. The summed E-state index contributed by atoms with van der Waals surface area (Å²) in [6.07, 6.45) is 3.08. The van der Waals surface area contributed by atoms with Crippen molar-refractivity contribution in [1.29, 1.82) is 0 Å². The van der Waals surface area contributed by atoms with E-state index >= 15 is 0 Å². The van der Waals surface area contributed by atoms with Crippen molar-refractivity contribution in [3.63, 3.8) is 0 Å². The number of nitro benzene ring substituents is 1. The molecule has 4 rings (SSSR count). The van der Waals surface area contributed by atoms with Crippen LogP contribution in [0.25, 0.3) is 0 Å². The maximum Gasteiger partial charge on any atom is 0.310 e. The second-order valence-electron chi connectivity index (χ2n) is 8.08. The smallest absolute Gasteiger partial charge is 0.310 e. The molecule has 0 amide bonds. The monoisotopic (exact) mass is 472 g/mol. The Balaban J connectivity index is 1.25. The highest BCUT2D eigenvalue weighted by molar-refractivity contribution is 7.08. The van der Waals surface area contributed by atoms with Gasteiger partial charge in [-0.3, -0.25) is 10.1 Å². The number of piperidine rings is 1. The molecule has 0 saturated carbocycles. The summed E-state index contributed by atoms with van der Waals surface area (Å²) in [5.74, 6) is 0.338. The van der Waals surface area contributed by atoms with Crippen molar-refractivity contribution < 1.29 is 14.4 Å². The van der Waals surface area contributed by atoms with Crippen LogP contribution in [0.15, 0.2) is 57.9 Å². The number of benzene rings is 1. The fraction of sp³-hybridized carbons (Fsp3) is 0.417. The van der Waals surface area contributed by atoms with Crippen LogP contribution in [0.1, 0.15) is 43.4 Å². The molecule has 0 radical (unpaired) electrons. The summed E-state index contributed by atoms with van der Waals surface area (Å²) in [4.78, 5) is 13.2. The van der Waals surface area contributed by atoms with Crippen LogP contribution in [-0.4, -0.2) is 41.7 Å². The minimum Gasteiger partial charge on any atom is -0.487 e. The standard InChI is InChI=1S/C24H28N2O4S2/c1-18(8-13-29-23-5-3-2-4-22(23)26(27)28)25-11-6-21(7-12-25)30-24(19-9-14-31-16-19)20-10-15-32-17-20/h2-5,9-10,14-18,21,24H,6-8,11-13H2,1H3. The lowest BCUT2D eigenvalue weighted by atomic mass is 10.0. The highest BCUT2D eigenvalue weighted by atomic mass is 32.1. The van der Waals surface area contributed by atoms with Gasteiger partial charge in [-0.1, -0.05) is 12.1 Å². The summed E-state index contributed by atoms with van der Waals surface area (Å²) in [6.45, 7) is 4.62. The highest BCUT2D eigenvalue weighted by Crippen LogP contribution is 2.33. The van der Waals surface area contributed by atoms with Crippen molar-refractivity contribution in [3.8, 4) is 5.75 Å². The minimum atomic E-state index is -0.400. The maximum atomic E-state index is 11.1. The van der Waals surface area contributed by atoms with Crippen LogP contribution >= 0.6 is 22.7 Å². The average molecular weight is 473 g/mol. The molecule has 0 N–H and O–H groups in total. The Labute approximate surface area is 196 Å². The molecule has 0 bridgehead atoms. The normalized spacial score (nSPS) is 16.3. The first kappa shape index (κ1) is 22.9. The number of hydrogen-bond acceptors (Lipinski definition) is 7. The first-order chi connectivity index (χ1) is 15.6. The predicted molar refractivity (Wildman–Crippen MR) is 129 cm³/mol. The van der Waals surface area contributed by atoms with Crippen molar-refractivity contribution >= 4 is 28.4 Å². The van der Waals surface area contributed by atoms with E-state index in [4.69, 9.17) is 9.47 Å². The molecule has 3 heterocycles. The molecule has 1 fully saturated rings. The zero-order valence-electron chi connectivity index (χ0n) is 18.1. The fourth-order valence-corrected chi connectivity index (χ4v) is 5.44. The van der Waals surface area contributed by atoms with Crippen LogP contribution in [0.5, 0.6) is 5.75 Å². The molecule has 32 heavy (non-hydrogen) atoms. The van der Waals surface area contributed by atoms with Crippen LogP contribution in [0.3, 0.4) is 0 Å². The van der Waals surface area contributed by atoms with Crippen molar-refractivity contribution in [1.82, 2.24) is 4.90 Å². The Morgan fingerprint density at radius 1 is 1.09 bits per heavy atom. The van der Waals surface area contributed by atoms with E-state index < -0.39 is 4.92 Å². The predicted octanol–water partition coefficient (Wildman–Crippen LogP) is 6.15. The number of nitro groups is 1. The molecule has 1 atom stereocenters. The van der Waals surface area contributed by atoms with Gasteiger partial charge in [-0.15, -0.1) is 0 Å². The van der Waals surface area contributed by atoms with Gasteiger partial charge in [0.2, 0.25) is 0 Å². The zero-order chi connectivity index (χ0) is 22.3. The summed E-state index contributed by atoms with van der Waals surface area (Å²) >= 11 is 3.41. The fourth-order valence-electron chi connectivity index (χ4n) is 4.10. The number of thiophene rings is 2. The number of hydrogen-bond donors (Lipinski definition) is 0. The van der Waals surface area contributed by atoms with Crippen molar-refractivity contribution in [2.75, 3.05) is 19.7 Å². The first-order valence-electron chi connectivity index (χ1n) is 10.9. The van der Waals surface area contributed by atoms with Crippen molar-refractivity contribution in [2.45, 2.75) is 44.4 Å². The topological polar surface area (TPSA) is 64.8 Å². The van der Waals surface area contributed by atoms with Gasteiger partial charge in [-0.2, -0.15) is 22.7 Å². The number of likely N-dealkylation sites (tertiary alicyclic amines) is 1. The Morgan fingerprint density at radius 2 is 1.75 bits per heavy atom. The van der Waals surface area contributed by atoms with Gasteiger partial charge < -0.3 is 14.4 Å². The van der Waals surface area contributed by atoms with Crippen LogP contribution in [0.4, 0.5) is 5.69 Å². The molecule has 3 aromatic rings. The Bertz CT molecular complexity index is 936. The van der Waals surface area contributed by atoms with Crippen LogP contribution < -0.4 is 4.74 Å². The minimum absolute atomic E-state index is 0.0107. The Kier molecular flexibility index (Phi) is 7.91. The lowest BCUT2D eigenvalue weighted by molar-refractivity contribution is -0.385. The van der Waals surface area contributed by atoms with Gasteiger partial charge in [0.15, 0.2) is 5.75 Å². The summed E-state index contributed by atoms with van der Waals surface area (Å²) in [7, 11) is 0. The van der Waals surface area contributed by atoms with Gasteiger partial charge in [-0.25, -0.2) is 0 Å². The molecule has 1 unspecified atom stereocenters. The molecule has 0 spiro atoms. The zero-order valence-corrected chi connectivity index (χ0v) is 19.7. The van der Waals surface area contributed by atoms with E-state index in [-0.39, 0.29) is 17.9 Å². The van der Waals surface area contributed by atoms with E-state index in [0.717, 1.165) is 32.4 Å². The number of rotatable bonds is 10. The molecule has 1 aromatic carbocycles. The van der Waals surface area contributed by atoms with Gasteiger partial charge in [-0.05, 0) is 77.0 Å². The van der Waals surface area contributed by atoms with Crippen LogP contribution in [0.2, 0.25) is 0 Å². The molecule has 1 saturated heterocycles. The molecule has 1 aliphatic rings. The number of para-hydroxylation sites is 2. The second-order valence-corrected chi connectivity index (χ2v) is 9.64. The van der Waals surface area contributed by atoms with E-state index in [1.807, 2.05) is 0 Å². The van der Waals surface area contributed by atoms with E-state index in [9.17, 15) is 10.1 Å². The molecule has 1 aliphatic heterocycles. The van der Waals surface area contributed by atoms with Gasteiger partial charge in [0.25, 0.3) is 0 Å². The molecule has 170 valence electrons. The quantitative estimate of drug-likeness (QED) is 0.262. The van der Waals surface area contributed by atoms with Crippen molar-refractivity contribution in [3.05, 3.63) is 79.2 Å². The molecular weight excluding hydrogens is 444 g/mol. The summed E-state index contributed by atoms with van der Waals surface area (Å²) in [5, 5.41) is 19.7. The first-order valence-corrected chi connectivity index (χ1v) is 12.8. The third-order valence-electron chi connectivity index (χ3n) is 5.98. The average Bonchev–Trinajstić information content (AvgIpc) is 3.53. The Morgan fingerprint density at radius 3 is 2.34 bits per heavy atom. The van der Waals surface area contributed by atoms with Gasteiger partial charge in [0, 0.05) is 25.2 Å². The molecule has 2 aromatic heterocycles. The van der Waals surface area contributed by atoms with Gasteiger partial charge in [0.1, 0.15) is 6.10 Å². The number of ether oxygens (including phenoxy) is 2. The van der Waals surface area contributed by atoms with Crippen LogP contribution in [0, 0.1) is 10.1 Å². The van der Waals surface area contributed by atoms with Gasteiger partial charge >= 0.3 is 5.69 Å². The summed E-state index contributed by atoms with van der Waals surface area (Å²) < 4.78 is 12.3. The lowest BCUT2D eigenvalue weighted by Crippen LogP contribution is -2.43. The highest BCUT2D eigenvalue weighted by Gasteiger charge is 2.27. The van der Waals surface area contributed by atoms with E-state index in [1.165, 1.54) is 17.2 Å². The molecule has 8 heteroatoms. The van der Waals surface area contributed by atoms with Gasteiger partial charge in [0.05, 0.1) is 17.6 Å². The largest absolute Gasteiger partial charge is 0.487 e. The SMILES string of the molecule is CC(CCOc1ccccc1[N+](=O)[O-])N1CCC(OC(c2ccsc2)c2ccsc2)CC1. The van der Waals surface area contributed by atoms with E-state index in [2.05, 4.69) is 45.5 Å². The molecule has 0 aliphatic carbocycles. The molecule has 6 nitrogen and oxygen atoms in total. The van der Waals surface area contributed by atoms with E-state index in [1.54, 1.807) is 40.9 Å². The third kappa shape index (κ3) is 5.75. The lowest BCUT2D eigenvalue weighted by Gasteiger charge is -2.37. The van der Waals surface area contributed by atoms with Crippen molar-refractivity contribution in [2.24, 2.45) is 0 Å². The Hall–Kier alpha value is -2.26.